The summed E-state index contributed by atoms with van der Waals surface area (Å²) in [6.07, 6.45) is 8.56. The lowest BCUT2D eigenvalue weighted by Crippen LogP contribution is -2.36. The van der Waals surface area contributed by atoms with Crippen molar-refractivity contribution in [1.29, 1.82) is 0 Å². The van der Waals surface area contributed by atoms with Gasteiger partial charge in [0.1, 0.15) is 5.82 Å². The van der Waals surface area contributed by atoms with Gasteiger partial charge in [-0.3, -0.25) is 0 Å². The molecule has 0 saturated heterocycles. The summed E-state index contributed by atoms with van der Waals surface area (Å²) >= 11 is 3.52. The molecule has 1 aliphatic carbocycles. The zero-order valence-corrected chi connectivity index (χ0v) is 14.4. The Hall–Kier alpha value is -0.610. The van der Waals surface area contributed by atoms with Crippen LogP contribution in [0.15, 0.2) is 16.7 Å². The van der Waals surface area contributed by atoms with Crippen molar-refractivity contribution in [3.8, 4) is 0 Å². The smallest absolute Gasteiger partial charge is 0.133 e. The first-order valence-corrected chi connectivity index (χ1v) is 8.46. The Labute approximate surface area is 131 Å². The van der Waals surface area contributed by atoms with E-state index >= 15 is 0 Å². The van der Waals surface area contributed by atoms with Crippen molar-refractivity contribution >= 4 is 21.7 Å². The summed E-state index contributed by atoms with van der Waals surface area (Å²) in [5, 5.41) is 3.24. The minimum Gasteiger partial charge on any atom is -0.356 e. The van der Waals surface area contributed by atoms with Crippen molar-refractivity contribution in [2.24, 2.45) is 5.92 Å². The van der Waals surface area contributed by atoms with Crippen LogP contribution in [0.2, 0.25) is 0 Å². The first-order valence-electron chi connectivity index (χ1n) is 7.67. The Morgan fingerprint density at radius 2 is 2.05 bits per heavy atom. The van der Waals surface area contributed by atoms with Crippen molar-refractivity contribution < 1.29 is 0 Å². The van der Waals surface area contributed by atoms with Crippen LogP contribution < -0.4 is 10.2 Å². The van der Waals surface area contributed by atoms with Crippen LogP contribution in [-0.4, -0.2) is 25.1 Å². The Morgan fingerprint density at radius 1 is 1.35 bits per heavy atom. The van der Waals surface area contributed by atoms with Gasteiger partial charge in [-0.2, -0.15) is 0 Å². The van der Waals surface area contributed by atoms with Crippen LogP contribution in [0.25, 0.3) is 0 Å². The van der Waals surface area contributed by atoms with Crippen molar-refractivity contribution in [3.63, 3.8) is 0 Å². The zero-order chi connectivity index (χ0) is 14.5. The van der Waals surface area contributed by atoms with Crippen molar-refractivity contribution in [1.82, 2.24) is 10.3 Å². The van der Waals surface area contributed by atoms with Crippen LogP contribution in [0.1, 0.15) is 44.6 Å². The Kier molecular flexibility index (Phi) is 5.85. The number of halogens is 1. The van der Waals surface area contributed by atoms with E-state index < -0.39 is 0 Å². The van der Waals surface area contributed by atoms with Crippen LogP contribution in [0.4, 0.5) is 5.82 Å². The van der Waals surface area contributed by atoms with Crippen LogP contribution >= 0.6 is 15.9 Å². The molecule has 2 rings (SSSR count). The summed E-state index contributed by atoms with van der Waals surface area (Å²) in [6, 6.07) is 2.81. The number of hydrogen-bond donors (Lipinski definition) is 1. The van der Waals surface area contributed by atoms with Crippen LogP contribution in [-0.2, 0) is 6.54 Å². The molecule has 1 heterocycles. The average molecular weight is 340 g/mol. The van der Waals surface area contributed by atoms with Gasteiger partial charge in [-0.1, -0.05) is 13.3 Å². The second kappa shape index (κ2) is 7.41. The second-order valence-corrected chi connectivity index (χ2v) is 6.78. The van der Waals surface area contributed by atoms with E-state index in [4.69, 9.17) is 0 Å². The normalized spacial score (nSPS) is 22.8. The highest BCUT2D eigenvalue weighted by Gasteiger charge is 2.24. The highest BCUT2D eigenvalue weighted by molar-refractivity contribution is 9.10. The summed E-state index contributed by atoms with van der Waals surface area (Å²) in [7, 11) is 4.18. The maximum atomic E-state index is 4.65. The molecule has 0 spiro atoms. The van der Waals surface area contributed by atoms with E-state index in [1.165, 1.54) is 37.7 Å². The molecule has 1 fully saturated rings. The number of nitrogens with zero attached hydrogens (tertiary/aromatic N) is 2. The van der Waals surface area contributed by atoms with Crippen molar-refractivity contribution in [2.75, 3.05) is 19.0 Å². The van der Waals surface area contributed by atoms with Gasteiger partial charge in [0.15, 0.2) is 0 Å². The van der Waals surface area contributed by atoms with Gasteiger partial charge in [-0.15, -0.1) is 0 Å². The van der Waals surface area contributed by atoms with E-state index in [0.717, 1.165) is 22.8 Å². The summed E-state index contributed by atoms with van der Waals surface area (Å²) in [5.74, 6) is 2.07. The predicted molar refractivity (Wildman–Crippen MR) is 89.1 cm³/mol. The molecule has 0 atom stereocenters. The molecule has 20 heavy (non-hydrogen) atoms. The molecule has 1 saturated carbocycles. The number of nitrogens with one attached hydrogen (secondary N) is 1. The van der Waals surface area contributed by atoms with Crippen LogP contribution in [0.5, 0.6) is 0 Å². The zero-order valence-electron chi connectivity index (χ0n) is 12.8. The molecular formula is C16H26BrN3. The van der Waals surface area contributed by atoms with Gasteiger partial charge >= 0.3 is 0 Å². The molecule has 0 amide bonds. The molecule has 1 aromatic heterocycles. The number of anilines is 1. The molecule has 1 N–H and O–H groups in total. The SMILES string of the molecule is CCC1CCC(N(C)c2ncc(Br)cc2CNC)CC1. The summed E-state index contributed by atoms with van der Waals surface area (Å²) in [4.78, 5) is 7.04. The first kappa shape index (κ1) is 15.8. The van der Waals surface area contributed by atoms with Crippen molar-refractivity contribution in [3.05, 3.63) is 22.3 Å². The quantitative estimate of drug-likeness (QED) is 0.879. The van der Waals surface area contributed by atoms with Gasteiger partial charge in [0, 0.05) is 35.9 Å². The number of pyridine rings is 1. The number of aromatic nitrogens is 1. The van der Waals surface area contributed by atoms with Gasteiger partial charge < -0.3 is 10.2 Å². The van der Waals surface area contributed by atoms with Crippen LogP contribution in [0.3, 0.4) is 0 Å². The highest BCUT2D eigenvalue weighted by atomic mass is 79.9. The highest BCUT2D eigenvalue weighted by Crippen LogP contribution is 2.32. The molecule has 3 nitrogen and oxygen atoms in total. The lowest BCUT2D eigenvalue weighted by Gasteiger charge is -2.36. The van der Waals surface area contributed by atoms with E-state index in [2.05, 4.69) is 51.2 Å². The van der Waals surface area contributed by atoms with Gasteiger partial charge in [0.25, 0.3) is 0 Å². The molecule has 0 aliphatic heterocycles. The van der Waals surface area contributed by atoms with Gasteiger partial charge in [-0.05, 0) is 60.6 Å². The van der Waals surface area contributed by atoms with Crippen LogP contribution in [0, 0.1) is 5.92 Å². The summed E-state index contributed by atoms with van der Waals surface area (Å²) in [6.45, 7) is 3.17. The molecule has 1 aromatic rings. The first-order chi connectivity index (χ1) is 9.65. The van der Waals surface area contributed by atoms with Crippen molar-refractivity contribution in [2.45, 2.75) is 51.6 Å². The Morgan fingerprint density at radius 3 is 2.65 bits per heavy atom. The lowest BCUT2D eigenvalue weighted by atomic mass is 9.84. The molecular weight excluding hydrogens is 314 g/mol. The fourth-order valence-corrected chi connectivity index (χ4v) is 3.60. The monoisotopic (exact) mass is 339 g/mol. The Bertz CT molecular complexity index is 428. The topological polar surface area (TPSA) is 28.2 Å². The molecule has 4 heteroatoms. The maximum absolute atomic E-state index is 4.65. The summed E-state index contributed by atoms with van der Waals surface area (Å²) in [5.41, 5.74) is 1.27. The summed E-state index contributed by atoms with van der Waals surface area (Å²) < 4.78 is 1.05. The predicted octanol–water partition coefficient (Wildman–Crippen LogP) is 3.97. The minimum absolute atomic E-state index is 0.641. The molecule has 0 bridgehead atoms. The fraction of sp³-hybridized carbons (Fsp3) is 0.688. The Balaban J connectivity index is 2.10. The fourth-order valence-electron chi connectivity index (χ4n) is 3.23. The molecule has 1 aliphatic rings. The maximum Gasteiger partial charge on any atom is 0.133 e. The third-order valence-electron chi connectivity index (χ3n) is 4.55. The molecule has 0 radical (unpaired) electrons. The second-order valence-electron chi connectivity index (χ2n) is 5.86. The van der Waals surface area contributed by atoms with Gasteiger partial charge in [-0.25, -0.2) is 4.98 Å². The van der Waals surface area contributed by atoms with E-state index in [9.17, 15) is 0 Å². The van der Waals surface area contributed by atoms with E-state index in [1.54, 1.807) is 0 Å². The third kappa shape index (κ3) is 3.73. The van der Waals surface area contributed by atoms with E-state index in [0.29, 0.717) is 6.04 Å². The van der Waals surface area contributed by atoms with Gasteiger partial charge in [0.05, 0.1) is 0 Å². The molecule has 0 aromatic carbocycles. The van der Waals surface area contributed by atoms with E-state index in [1.807, 2.05) is 13.2 Å². The largest absolute Gasteiger partial charge is 0.356 e. The molecule has 0 unspecified atom stereocenters. The standard InChI is InChI=1S/C16H26BrN3/c1-4-12-5-7-15(8-6-12)20(3)16-13(10-18-2)9-14(17)11-19-16/h9,11-12,15,18H,4-8,10H2,1-3H3. The minimum atomic E-state index is 0.641. The average Bonchev–Trinajstić information content (AvgIpc) is 2.47. The third-order valence-corrected chi connectivity index (χ3v) is 4.99. The van der Waals surface area contributed by atoms with E-state index in [-0.39, 0.29) is 0 Å². The number of hydrogen-bond acceptors (Lipinski definition) is 3. The lowest BCUT2D eigenvalue weighted by molar-refractivity contribution is 0.312. The number of rotatable bonds is 5. The van der Waals surface area contributed by atoms with Gasteiger partial charge in [0.2, 0.25) is 0 Å². The molecule has 112 valence electrons.